The van der Waals surface area contributed by atoms with E-state index in [4.69, 9.17) is 0 Å². The molecule has 3 nitrogen and oxygen atoms in total. The normalized spacial score (nSPS) is 52.4. The van der Waals surface area contributed by atoms with Crippen LogP contribution in [0.25, 0.3) is 0 Å². The summed E-state index contributed by atoms with van der Waals surface area (Å²) >= 11 is 0. The van der Waals surface area contributed by atoms with E-state index in [-0.39, 0.29) is 11.3 Å². The molecule has 4 aliphatic carbocycles. The summed E-state index contributed by atoms with van der Waals surface area (Å²) in [4.78, 5) is 24.8. The summed E-state index contributed by atoms with van der Waals surface area (Å²) in [6, 6.07) is 0. The third-order valence-electron chi connectivity index (χ3n) is 9.08. The van der Waals surface area contributed by atoms with Crippen LogP contribution >= 0.6 is 0 Å². The fraction of sp³-hybridized carbons (Fsp3) is 0.818. The van der Waals surface area contributed by atoms with Gasteiger partial charge in [-0.2, -0.15) is 0 Å². The molecule has 0 aromatic heterocycles. The van der Waals surface area contributed by atoms with Crippen LogP contribution in [0, 0.1) is 34.5 Å². The predicted octanol–water partition coefficient (Wildman–Crippen LogP) is 4.08. The average molecular weight is 344 g/mol. The zero-order valence-electron chi connectivity index (χ0n) is 16.1. The molecule has 3 fully saturated rings. The van der Waals surface area contributed by atoms with Crippen molar-refractivity contribution in [3.8, 4) is 0 Å². The van der Waals surface area contributed by atoms with Crippen LogP contribution in [0.4, 0.5) is 0 Å². The molecular formula is C22H32O3. The molecule has 25 heavy (non-hydrogen) atoms. The van der Waals surface area contributed by atoms with Crippen LogP contribution in [0.1, 0.15) is 72.6 Å². The summed E-state index contributed by atoms with van der Waals surface area (Å²) in [6.45, 7) is 8.45. The summed E-state index contributed by atoms with van der Waals surface area (Å²) in [6.07, 6.45) is 7.39. The van der Waals surface area contributed by atoms with Gasteiger partial charge in [0.15, 0.2) is 0 Å². The van der Waals surface area contributed by atoms with Gasteiger partial charge in [0.05, 0.1) is 11.0 Å². The van der Waals surface area contributed by atoms with Crippen LogP contribution in [0.2, 0.25) is 0 Å². The predicted molar refractivity (Wildman–Crippen MR) is 96.9 cm³/mol. The first-order valence-corrected chi connectivity index (χ1v) is 10.1. The van der Waals surface area contributed by atoms with Crippen LogP contribution in [-0.2, 0) is 9.59 Å². The van der Waals surface area contributed by atoms with Crippen molar-refractivity contribution in [2.45, 2.75) is 78.2 Å². The molecule has 0 aromatic rings. The van der Waals surface area contributed by atoms with E-state index in [1.165, 1.54) is 11.9 Å². The third kappa shape index (κ3) is 2.02. The maximum Gasteiger partial charge on any atom is 0.139 e. The van der Waals surface area contributed by atoms with Crippen molar-refractivity contribution in [2.24, 2.45) is 34.5 Å². The van der Waals surface area contributed by atoms with Crippen molar-refractivity contribution in [3.63, 3.8) is 0 Å². The van der Waals surface area contributed by atoms with Crippen molar-refractivity contribution in [3.05, 3.63) is 11.1 Å². The van der Waals surface area contributed by atoms with Crippen LogP contribution in [0.15, 0.2) is 11.1 Å². The Kier molecular flexibility index (Phi) is 3.69. The first-order valence-electron chi connectivity index (χ1n) is 10.1. The highest BCUT2D eigenvalue weighted by Gasteiger charge is 2.64. The number of carbonyl (C=O) groups excluding carboxylic acids is 2. The lowest BCUT2D eigenvalue weighted by molar-refractivity contribution is -0.139. The molecule has 3 heteroatoms. The molecular weight excluding hydrogens is 312 g/mol. The van der Waals surface area contributed by atoms with E-state index >= 15 is 0 Å². The number of ketones is 1. The van der Waals surface area contributed by atoms with Crippen molar-refractivity contribution in [2.75, 3.05) is 0 Å². The number of allylic oxidation sites excluding steroid dienone is 2. The van der Waals surface area contributed by atoms with Gasteiger partial charge in [0, 0.05) is 12.3 Å². The van der Waals surface area contributed by atoms with E-state index in [1.54, 1.807) is 0 Å². The lowest BCUT2D eigenvalue weighted by atomic mass is 9.45. The number of fused-ring (bicyclic) bond motifs is 5. The zero-order valence-corrected chi connectivity index (χ0v) is 16.1. The number of aliphatic hydroxyl groups is 1. The smallest absolute Gasteiger partial charge is 0.139 e. The molecule has 0 spiro atoms. The van der Waals surface area contributed by atoms with E-state index < -0.39 is 11.0 Å². The molecule has 4 rings (SSSR count). The SMILES string of the molecule is CC1=C2[C@H](C)C(=O)CC[C@]2(C=O)[C@H]2CC[C@@]3(C)[C@@H](CC[C@]3(C)O)[C@@H]2C1. The van der Waals surface area contributed by atoms with E-state index in [1.807, 2.05) is 13.8 Å². The second-order valence-corrected chi connectivity index (χ2v) is 9.89. The van der Waals surface area contributed by atoms with E-state index in [0.29, 0.717) is 36.4 Å². The standard InChI is InChI=1S/C22H32O3/c1-13-11-15-16-6-9-21(4,25)20(16,3)8-5-17(15)22(12-23)10-7-18(24)14(2)19(13)22/h12,14-17,25H,5-11H2,1-4H3/t14-,15+,16+,17+,20+,21+,22+/m1/s1. The van der Waals surface area contributed by atoms with Crippen molar-refractivity contribution >= 4 is 12.1 Å². The van der Waals surface area contributed by atoms with Gasteiger partial charge < -0.3 is 9.90 Å². The number of Topliss-reactive ketones (excluding diaryl/α,β-unsaturated/α-hetero) is 1. The van der Waals surface area contributed by atoms with Gasteiger partial charge >= 0.3 is 0 Å². The van der Waals surface area contributed by atoms with Crippen LogP contribution in [0.3, 0.4) is 0 Å². The first-order chi connectivity index (χ1) is 11.7. The van der Waals surface area contributed by atoms with Crippen LogP contribution < -0.4 is 0 Å². The van der Waals surface area contributed by atoms with Crippen LogP contribution in [0.5, 0.6) is 0 Å². The van der Waals surface area contributed by atoms with Gasteiger partial charge in [0.1, 0.15) is 12.1 Å². The highest BCUT2D eigenvalue weighted by molar-refractivity contribution is 5.88. The average Bonchev–Trinajstić information content (AvgIpc) is 2.81. The van der Waals surface area contributed by atoms with Crippen LogP contribution in [-0.4, -0.2) is 22.8 Å². The maximum atomic E-state index is 12.5. The zero-order chi connectivity index (χ0) is 18.2. The summed E-state index contributed by atoms with van der Waals surface area (Å²) in [5, 5.41) is 11.0. The van der Waals surface area contributed by atoms with E-state index in [0.717, 1.165) is 37.7 Å². The van der Waals surface area contributed by atoms with Gasteiger partial charge in [-0.15, -0.1) is 0 Å². The number of hydrogen-bond donors (Lipinski definition) is 1. The molecule has 0 saturated heterocycles. The topological polar surface area (TPSA) is 54.4 Å². The van der Waals surface area contributed by atoms with E-state index in [9.17, 15) is 14.7 Å². The monoisotopic (exact) mass is 344 g/mol. The largest absolute Gasteiger partial charge is 0.390 e. The molecule has 3 saturated carbocycles. The minimum atomic E-state index is -0.593. The minimum Gasteiger partial charge on any atom is -0.390 e. The second kappa shape index (κ2) is 5.28. The quantitative estimate of drug-likeness (QED) is 0.576. The molecule has 0 heterocycles. The molecule has 138 valence electrons. The van der Waals surface area contributed by atoms with Crippen molar-refractivity contribution in [1.29, 1.82) is 0 Å². The van der Waals surface area contributed by atoms with Crippen molar-refractivity contribution in [1.82, 2.24) is 0 Å². The Bertz CT molecular complexity index is 660. The Morgan fingerprint density at radius 2 is 1.80 bits per heavy atom. The fourth-order valence-corrected chi connectivity index (χ4v) is 7.53. The summed E-state index contributed by atoms with van der Waals surface area (Å²) in [5.41, 5.74) is 1.39. The van der Waals surface area contributed by atoms with Gasteiger partial charge in [0.2, 0.25) is 0 Å². The third-order valence-corrected chi connectivity index (χ3v) is 9.08. The molecule has 0 aromatic carbocycles. The molecule has 0 amide bonds. The lowest BCUT2D eigenvalue weighted by Crippen LogP contribution is -2.56. The van der Waals surface area contributed by atoms with Crippen molar-refractivity contribution < 1.29 is 14.7 Å². The fourth-order valence-electron chi connectivity index (χ4n) is 7.53. The Morgan fingerprint density at radius 3 is 2.48 bits per heavy atom. The summed E-state index contributed by atoms with van der Waals surface area (Å²) < 4.78 is 0. The number of rotatable bonds is 1. The highest BCUT2D eigenvalue weighted by atomic mass is 16.3. The van der Waals surface area contributed by atoms with Gasteiger partial charge in [-0.25, -0.2) is 0 Å². The maximum absolute atomic E-state index is 12.5. The van der Waals surface area contributed by atoms with E-state index in [2.05, 4.69) is 13.8 Å². The molecule has 7 atom stereocenters. The van der Waals surface area contributed by atoms with Gasteiger partial charge in [-0.3, -0.25) is 4.79 Å². The lowest BCUT2D eigenvalue weighted by Gasteiger charge is -2.59. The molecule has 0 unspecified atom stereocenters. The van der Waals surface area contributed by atoms with Gasteiger partial charge in [-0.05, 0) is 81.1 Å². The summed E-state index contributed by atoms with van der Waals surface area (Å²) in [7, 11) is 0. The minimum absolute atomic E-state index is 0.0356. The Hall–Kier alpha value is -0.960. The Morgan fingerprint density at radius 1 is 1.12 bits per heavy atom. The molecule has 0 aliphatic heterocycles. The molecule has 0 radical (unpaired) electrons. The van der Waals surface area contributed by atoms with Gasteiger partial charge in [-0.1, -0.05) is 19.4 Å². The Balaban J connectivity index is 1.81. The number of hydrogen-bond acceptors (Lipinski definition) is 3. The Labute approximate surface area is 151 Å². The number of aldehydes is 1. The molecule has 4 aliphatic rings. The number of carbonyl (C=O) groups is 2. The first kappa shape index (κ1) is 17.5. The molecule has 1 N–H and O–H groups in total. The highest BCUT2D eigenvalue weighted by Crippen LogP contribution is 2.67. The summed E-state index contributed by atoms with van der Waals surface area (Å²) in [5.74, 6) is 1.52. The molecule has 0 bridgehead atoms. The van der Waals surface area contributed by atoms with Gasteiger partial charge in [0.25, 0.3) is 0 Å². The second-order valence-electron chi connectivity index (χ2n) is 9.89.